The molecule has 1 N–H and O–H groups in total. The lowest BCUT2D eigenvalue weighted by atomic mass is 9.66. The van der Waals surface area contributed by atoms with Crippen molar-refractivity contribution in [2.45, 2.75) is 85.9 Å². The standard InChI is InChI=1S/C32H42N2O5S/c1-4-18-33(23-14-10-7-11-15-23)29(37)27-32-17-16-31(3,40-32)26(30(38)39-19-5-2)25(32)28(36)34(27)24(21-35)20-22-12-8-6-9-13-22/h4-6,8-9,12-13,23-27,35H,1-2,7,10-11,14-21H2,3H3/t24-,25+,26-,27?,31+,32?/m1/s1. The fourth-order valence-corrected chi connectivity index (χ4v) is 10.2. The quantitative estimate of drug-likeness (QED) is 0.320. The van der Waals surface area contributed by atoms with Gasteiger partial charge in [0, 0.05) is 17.3 Å². The van der Waals surface area contributed by atoms with Crippen molar-refractivity contribution >= 4 is 29.5 Å². The topological polar surface area (TPSA) is 87.1 Å². The highest BCUT2D eigenvalue weighted by Crippen LogP contribution is 2.72. The van der Waals surface area contributed by atoms with Gasteiger partial charge in [-0.2, -0.15) is 0 Å². The van der Waals surface area contributed by atoms with Crippen molar-refractivity contribution in [1.82, 2.24) is 9.80 Å². The Labute approximate surface area is 242 Å². The molecule has 4 fully saturated rings. The van der Waals surface area contributed by atoms with E-state index in [1.807, 2.05) is 42.2 Å². The van der Waals surface area contributed by atoms with Gasteiger partial charge in [0.25, 0.3) is 0 Å². The van der Waals surface area contributed by atoms with Gasteiger partial charge in [0.2, 0.25) is 11.8 Å². The van der Waals surface area contributed by atoms with Crippen molar-refractivity contribution in [3.05, 3.63) is 61.2 Å². The molecule has 1 aromatic rings. The molecule has 0 radical (unpaired) electrons. The molecule has 7 nitrogen and oxygen atoms in total. The van der Waals surface area contributed by atoms with Crippen LogP contribution in [0.15, 0.2) is 55.6 Å². The molecule has 1 aromatic carbocycles. The Morgan fingerprint density at radius 3 is 2.55 bits per heavy atom. The van der Waals surface area contributed by atoms with Gasteiger partial charge in [-0.3, -0.25) is 14.4 Å². The van der Waals surface area contributed by atoms with Gasteiger partial charge in [-0.05, 0) is 44.6 Å². The van der Waals surface area contributed by atoms with E-state index in [4.69, 9.17) is 4.74 Å². The van der Waals surface area contributed by atoms with Crippen molar-refractivity contribution < 1.29 is 24.2 Å². The number of thioether (sulfide) groups is 1. The lowest BCUT2D eigenvalue weighted by Gasteiger charge is -2.42. The SMILES string of the molecule is C=CCOC(=O)[C@H]1[C@H]2C(=O)N([C@@H](CO)Cc3ccccc3)C(C(=O)N(CC=C)C3CCCCC3)C23CC[C@]1(C)S3. The van der Waals surface area contributed by atoms with Crippen LogP contribution < -0.4 is 0 Å². The lowest BCUT2D eigenvalue weighted by molar-refractivity contribution is -0.155. The van der Waals surface area contributed by atoms with E-state index in [9.17, 15) is 19.5 Å². The zero-order valence-corrected chi connectivity index (χ0v) is 24.3. The number of hydrogen-bond acceptors (Lipinski definition) is 6. The average Bonchev–Trinajstić information content (AvgIpc) is 3.54. The molecule has 216 valence electrons. The highest BCUT2D eigenvalue weighted by molar-refractivity contribution is 8.02. The molecule has 8 heteroatoms. The number of amides is 2. The summed E-state index contributed by atoms with van der Waals surface area (Å²) >= 11 is 1.64. The summed E-state index contributed by atoms with van der Waals surface area (Å²) in [5.74, 6) is -2.03. The monoisotopic (exact) mass is 566 g/mol. The van der Waals surface area contributed by atoms with Crippen LogP contribution in [-0.4, -0.2) is 80.1 Å². The number of ether oxygens (including phenoxy) is 1. The fourth-order valence-electron chi connectivity index (χ4n) is 7.87. The predicted octanol–water partition coefficient (Wildman–Crippen LogP) is 4.15. The van der Waals surface area contributed by atoms with Crippen molar-refractivity contribution in [3.8, 4) is 0 Å². The van der Waals surface area contributed by atoms with Gasteiger partial charge in [0.05, 0.1) is 29.2 Å². The number of likely N-dealkylation sites (tertiary alicyclic amines) is 1. The second kappa shape index (κ2) is 11.7. The van der Waals surface area contributed by atoms with Gasteiger partial charge in [-0.1, -0.05) is 68.3 Å². The lowest BCUT2D eigenvalue weighted by Crippen LogP contribution is -2.59. The molecule has 3 aliphatic heterocycles. The molecule has 1 aliphatic carbocycles. The molecule has 0 aromatic heterocycles. The molecule has 2 unspecified atom stereocenters. The fraction of sp³-hybridized carbons (Fsp3) is 0.594. The number of esters is 1. The summed E-state index contributed by atoms with van der Waals surface area (Å²) in [5.41, 5.74) is 0.983. The zero-order valence-electron chi connectivity index (χ0n) is 23.5. The Morgan fingerprint density at radius 1 is 1.18 bits per heavy atom. The summed E-state index contributed by atoms with van der Waals surface area (Å²) in [6, 6.07) is 8.50. The number of hydrogen-bond donors (Lipinski definition) is 1. The highest BCUT2D eigenvalue weighted by Gasteiger charge is 2.78. The third-order valence-electron chi connectivity index (χ3n) is 9.59. The average molecular weight is 567 g/mol. The molecule has 2 bridgehead atoms. The largest absolute Gasteiger partial charge is 0.461 e. The maximum atomic E-state index is 14.8. The van der Waals surface area contributed by atoms with E-state index < -0.39 is 39.4 Å². The minimum atomic E-state index is -0.767. The van der Waals surface area contributed by atoms with Crippen LogP contribution in [0.5, 0.6) is 0 Å². The smallest absolute Gasteiger partial charge is 0.311 e. The molecule has 2 amide bonds. The first-order valence-corrected chi connectivity index (χ1v) is 15.5. The summed E-state index contributed by atoms with van der Waals surface area (Å²) in [6.45, 7) is 9.87. The van der Waals surface area contributed by atoms with Crippen LogP contribution in [0.4, 0.5) is 0 Å². The maximum Gasteiger partial charge on any atom is 0.311 e. The Balaban J connectivity index is 1.58. The van der Waals surface area contributed by atoms with Crippen molar-refractivity contribution in [2.75, 3.05) is 19.8 Å². The highest BCUT2D eigenvalue weighted by atomic mass is 32.2. The molecule has 1 spiro atoms. The molecule has 1 saturated carbocycles. The maximum absolute atomic E-state index is 14.8. The summed E-state index contributed by atoms with van der Waals surface area (Å²) in [5, 5.41) is 10.7. The molecule has 3 saturated heterocycles. The molecule has 4 aliphatic rings. The summed E-state index contributed by atoms with van der Waals surface area (Å²) < 4.78 is 4.30. The van der Waals surface area contributed by atoms with Gasteiger partial charge >= 0.3 is 5.97 Å². The van der Waals surface area contributed by atoms with Crippen molar-refractivity contribution in [3.63, 3.8) is 0 Å². The van der Waals surface area contributed by atoms with Gasteiger partial charge in [0.15, 0.2) is 0 Å². The van der Waals surface area contributed by atoms with E-state index >= 15 is 0 Å². The van der Waals surface area contributed by atoms with Gasteiger partial charge in [-0.25, -0.2) is 0 Å². The molecule has 5 rings (SSSR count). The predicted molar refractivity (Wildman–Crippen MR) is 157 cm³/mol. The third kappa shape index (κ3) is 4.81. The van der Waals surface area contributed by atoms with Crippen LogP contribution in [0.3, 0.4) is 0 Å². The summed E-state index contributed by atoms with van der Waals surface area (Å²) in [6.07, 6.45) is 10.3. The van der Waals surface area contributed by atoms with Crippen molar-refractivity contribution in [1.29, 1.82) is 0 Å². The first-order chi connectivity index (χ1) is 19.3. The minimum Gasteiger partial charge on any atom is -0.461 e. The number of rotatable bonds is 11. The molecule has 40 heavy (non-hydrogen) atoms. The third-order valence-corrected chi connectivity index (χ3v) is 11.6. The van der Waals surface area contributed by atoms with E-state index in [0.29, 0.717) is 19.4 Å². The molecular weight excluding hydrogens is 524 g/mol. The Morgan fingerprint density at radius 2 is 1.90 bits per heavy atom. The molecule has 3 heterocycles. The van der Waals surface area contributed by atoms with E-state index in [2.05, 4.69) is 13.2 Å². The van der Waals surface area contributed by atoms with Crippen LogP contribution >= 0.6 is 11.8 Å². The summed E-state index contributed by atoms with van der Waals surface area (Å²) in [4.78, 5) is 46.4. The number of fused-ring (bicyclic) bond motifs is 1. The van der Waals surface area contributed by atoms with Crippen LogP contribution in [0.25, 0.3) is 0 Å². The Kier molecular flexibility index (Phi) is 8.48. The summed E-state index contributed by atoms with van der Waals surface area (Å²) in [7, 11) is 0. The first kappa shape index (κ1) is 28.9. The van der Waals surface area contributed by atoms with Crippen LogP contribution in [-0.2, 0) is 25.5 Å². The minimum absolute atomic E-state index is 0.0778. The Hall–Kier alpha value is -2.58. The first-order valence-electron chi connectivity index (χ1n) is 14.7. The van der Waals surface area contributed by atoms with E-state index in [-0.39, 0.29) is 31.1 Å². The zero-order chi connectivity index (χ0) is 28.5. The molecular formula is C32H42N2O5S. The van der Waals surface area contributed by atoms with E-state index in [0.717, 1.165) is 37.7 Å². The van der Waals surface area contributed by atoms with Crippen LogP contribution in [0.2, 0.25) is 0 Å². The number of carbonyl (C=O) groups is 3. The number of carbonyl (C=O) groups excluding carboxylic acids is 3. The van der Waals surface area contributed by atoms with Gasteiger partial charge in [0.1, 0.15) is 12.6 Å². The second-order valence-electron chi connectivity index (χ2n) is 12.0. The van der Waals surface area contributed by atoms with E-state index in [1.54, 1.807) is 22.7 Å². The normalized spacial score (nSPS) is 32.0. The number of benzene rings is 1. The second-order valence-corrected chi connectivity index (χ2v) is 13.9. The molecule has 6 atom stereocenters. The van der Waals surface area contributed by atoms with Crippen LogP contribution in [0, 0.1) is 11.8 Å². The Bertz CT molecular complexity index is 1140. The number of aliphatic hydroxyl groups excluding tert-OH is 1. The number of nitrogens with zero attached hydrogens (tertiary/aromatic N) is 2. The van der Waals surface area contributed by atoms with Gasteiger partial charge < -0.3 is 19.6 Å². The van der Waals surface area contributed by atoms with E-state index in [1.165, 1.54) is 12.5 Å². The van der Waals surface area contributed by atoms with Crippen LogP contribution in [0.1, 0.15) is 57.4 Å². The van der Waals surface area contributed by atoms with Crippen molar-refractivity contribution in [2.24, 2.45) is 11.8 Å². The number of aliphatic hydroxyl groups is 1. The van der Waals surface area contributed by atoms with Gasteiger partial charge in [-0.15, -0.1) is 18.3 Å².